The Labute approximate surface area is 120 Å². The van der Waals surface area contributed by atoms with Gasteiger partial charge in [-0.15, -0.1) is 11.3 Å². The van der Waals surface area contributed by atoms with Crippen LogP contribution >= 0.6 is 11.3 Å². The maximum Gasteiger partial charge on any atom is 0.138 e. The molecule has 2 heterocycles. The molecule has 0 aliphatic heterocycles. The van der Waals surface area contributed by atoms with Crippen molar-refractivity contribution in [2.75, 3.05) is 5.73 Å². The number of nitrogens with zero attached hydrogens (tertiary/aromatic N) is 3. The van der Waals surface area contributed by atoms with Gasteiger partial charge >= 0.3 is 0 Å². The summed E-state index contributed by atoms with van der Waals surface area (Å²) in [5.41, 5.74) is 9.20. The maximum atomic E-state index is 9.93. The summed E-state index contributed by atoms with van der Waals surface area (Å²) in [6.07, 6.45) is -0.636. The highest BCUT2D eigenvalue weighted by Crippen LogP contribution is 2.24. The monoisotopic (exact) mass is 288 g/mol. The number of hydrogen-bond donors (Lipinski definition) is 2. The maximum absolute atomic E-state index is 9.93. The molecule has 0 saturated carbocycles. The smallest absolute Gasteiger partial charge is 0.138 e. The quantitative estimate of drug-likeness (QED) is 0.726. The fraction of sp³-hybridized carbons (Fsp3) is 0.286. The number of aliphatic hydroxyl groups excluding tert-OH is 1. The zero-order valence-corrected chi connectivity index (χ0v) is 12.2. The zero-order valence-electron chi connectivity index (χ0n) is 11.4. The van der Waals surface area contributed by atoms with Crippen molar-refractivity contribution in [2.45, 2.75) is 26.5 Å². The Morgan fingerprint density at radius 2 is 2.20 bits per heavy atom. The first-order chi connectivity index (χ1) is 9.54. The van der Waals surface area contributed by atoms with Gasteiger partial charge in [-0.25, -0.2) is 9.97 Å². The molecule has 0 spiro atoms. The Bertz CT molecular complexity index is 760. The number of nitrogens with two attached hydrogens (primary N) is 1. The number of aryl methyl sites for hydroxylation is 1. The van der Waals surface area contributed by atoms with Crippen LogP contribution in [0.25, 0.3) is 11.0 Å². The summed E-state index contributed by atoms with van der Waals surface area (Å²) in [6.45, 7) is 4.30. The molecule has 1 atom stereocenters. The number of imidazole rings is 1. The van der Waals surface area contributed by atoms with Gasteiger partial charge in [0.25, 0.3) is 0 Å². The molecule has 0 saturated heterocycles. The van der Waals surface area contributed by atoms with E-state index in [0.717, 1.165) is 21.7 Å². The van der Waals surface area contributed by atoms with Gasteiger partial charge in [-0.1, -0.05) is 0 Å². The fourth-order valence-corrected chi connectivity index (χ4v) is 2.90. The molecule has 3 N–H and O–H groups in total. The van der Waals surface area contributed by atoms with Crippen LogP contribution in [0.15, 0.2) is 23.6 Å². The van der Waals surface area contributed by atoms with Crippen LogP contribution in [0.1, 0.15) is 29.6 Å². The van der Waals surface area contributed by atoms with Gasteiger partial charge in [0.15, 0.2) is 0 Å². The average Bonchev–Trinajstić information content (AvgIpc) is 2.94. The van der Waals surface area contributed by atoms with Crippen LogP contribution in [0.2, 0.25) is 0 Å². The molecule has 5 nitrogen and oxygen atoms in total. The van der Waals surface area contributed by atoms with Crippen molar-refractivity contribution in [3.63, 3.8) is 0 Å². The first kappa shape index (κ1) is 13.1. The second kappa shape index (κ2) is 4.88. The first-order valence-electron chi connectivity index (χ1n) is 6.39. The van der Waals surface area contributed by atoms with Gasteiger partial charge in [-0.2, -0.15) is 0 Å². The van der Waals surface area contributed by atoms with E-state index in [4.69, 9.17) is 5.73 Å². The standard InChI is InChI=1S/C14H16N4OS/c1-8(19)14-17-12-5-10(15)3-4-13(12)18(14)6-11-7-20-9(2)16-11/h3-5,7-8,19H,6,15H2,1-2H3. The van der Waals surface area contributed by atoms with E-state index in [2.05, 4.69) is 9.97 Å². The number of anilines is 1. The summed E-state index contributed by atoms with van der Waals surface area (Å²) in [5, 5.41) is 13.0. The number of hydrogen-bond acceptors (Lipinski definition) is 5. The van der Waals surface area contributed by atoms with Gasteiger partial charge in [-0.05, 0) is 32.0 Å². The van der Waals surface area contributed by atoms with Crippen molar-refractivity contribution in [3.05, 3.63) is 40.1 Å². The van der Waals surface area contributed by atoms with Gasteiger partial charge in [0.1, 0.15) is 11.9 Å². The normalized spacial score (nSPS) is 12.9. The zero-order chi connectivity index (χ0) is 14.3. The van der Waals surface area contributed by atoms with Gasteiger partial charge in [-0.3, -0.25) is 0 Å². The number of fused-ring (bicyclic) bond motifs is 1. The van der Waals surface area contributed by atoms with E-state index >= 15 is 0 Å². The highest BCUT2D eigenvalue weighted by atomic mass is 32.1. The number of benzene rings is 1. The highest BCUT2D eigenvalue weighted by molar-refractivity contribution is 7.09. The first-order valence-corrected chi connectivity index (χ1v) is 7.27. The van der Waals surface area contributed by atoms with Gasteiger partial charge in [0.05, 0.1) is 28.3 Å². The van der Waals surface area contributed by atoms with Crippen molar-refractivity contribution in [1.29, 1.82) is 0 Å². The lowest BCUT2D eigenvalue weighted by Crippen LogP contribution is -2.08. The predicted molar refractivity (Wildman–Crippen MR) is 80.7 cm³/mol. The molecule has 104 valence electrons. The summed E-state index contributed by atoms with van der Waals surface area (Å²) in [4.78, 5) is 8.96. The lowest BCUT2D eigenvalue weighted by atomic mass is 10.3. The van der Waals surface area contributed by atoms with E-state index in [1.54, 1.807) is 18.3 Å². The number of nitrogen functional groups attached to an aromatic ring is 1. The minimum atomic E-state index is -0.636. The number of rotatable bonds is 3. The Hall–Kier alpha value is -1.92. The summed E-state index contributed by atoms with van der Waals surface area (Å²) in [6, 6.07) is 5.60. The third-order valence-electron chi connectivity index (χ3n) is 3.16. The van der Waals surface area contributed by atoms with Crippen LogP contribution in [0, 0.1) is 6.92 Å². The number of thiazole rings is 1. The molecule has 0 radical (unpaired) electrons. The molecule has 6 heteroatoms. The van der Waals surface area contributed by atoms with E-state index in [1.807, 2.05) is 35.1 Å². The predicted octanol–water partition coefficient (Wildman–Crippen LogP) is 2.49. The van der Waals surface area contributed by atoms with Crippen molar-refractivity contribution >= 4 is 28.1 Å². The SMILES string of the molecule is Cc1nc(Cn2c(C(C)O)nc3cc(N)ccc32)cs1. The lowest BCUT2D eigenvalue weighted by Gasteiger charge is -2.09. The molecular weight excluding hydrogens is 272 g/mol. The van der Waals surface area contributed by atoms with Crippen molar-refractivity contribution in [2.24, 2.45) is 0 Å². The second-order valence-corrected chi connectivity index (χ2v) is 5.90. The van der Waals surface area contributed by atoms with Crippen LogP contribution in [0.5, 0.6) is 0 Å². The van der Waals surface area contributed by atoms with Crippen LogP contribution in [-0.4, -0.2) is 19.6 Å². The van der Waals surface area contributed by atoms with E-state index in [0.29, 0.717) is 18.1 Å². The lowest BCUT2D eigenvalue weighted by molar-refractivity contribution is 0.185. The molecule has 0 aliphatic carbocycles. The third-order valence-corrected chi connectivity index (χ3v) is 3.98. The minimum Gasteiger partial charge on any atom is -0.399 e. The van der Waals surface area contributed by atoms with Gasteiger partial charge in [0, 0.05) is 11.1 Å². The molecule has 0 amide bonds. The van der Waals surface area contributed by atoms with Gasteiger partial charge < -0.3 is 15.4 Å². The van der Waals surface area contributed by atoms with E-state index in [-0.39, 0.29) is 0 Å². The molecule has 1 aromatic carbocycles. The van der Waals surface area contributed by atoms with E-state index < -0.39 is 6.10 Å². The number of aromatic nitrogens is 3. The van der Waals surface area contributed by atoms with Crippen molar-refractivity contribution in [1.82, 2.24) is 14.5 Å². The van der Waals surface area contributed by atoms with Crippen molar-refractivity contribution < 1.29 is 5.11 Å². The Morgan fingerprint density at radius 3 is 2.85 bits per heavy atom. The highest BCUT2D eigenvalue weighted by Gasteiger charge is 2.16. The molecule has 3 aromatic rings. The summed E-state index contributed by atoms with van der Waals surface area (Å²) < 4.78 is 1.99. The fourth-order valence-electron chi connectivity index (χ4n) is 2.29. The molecule has 20 heavy (non-hydrogen) atoms. The van der Waals surface area contributed by atoms with Crippen LogP contribution in [-0.2, 0) is 6.54 Å². The molecular formula is C14H16N4OS. The second-order valence-electron chi connectivity index (χ2n) is 4.84. The summed E-state index contributed by atoms with van der Waals surface area (Å²) in [5.74, 6) is 0.635. The summed E-state index contributed by atoms with van der Waals surface area (Å²) >= 11 is 1.62. The molecule has 2 aromatic heterocycles. The van der Waals surface area contributed by atoms with Crippen molar-refractivity contribution in [3.8, 4) is 0 Å². The molecule has 0 fully saturated rings. The Kier molecular flexibility index (Phi) is 3.19. The molecule has 1 unspecified atom stereocenters. The Morgan fingerprint density at radius 1 is 1.40 bits per heavy atom. The van der Waals surface area contributed by atoms with Crippen LogP contribution in [0.3, 0.4) is 0 Å². The molecule has 0 aliphatic rings. The minimum absolute atomic E-state index is 0.602. The van der Waals surface area contributed by atoms with E-state index in [1.165, 1.54) is 0 Å². The van der Waals surface area contributed by atoms with E-state index in [9.17, 15) is 5.11 Å². The van der Waals surface area contributed by atoms with Gasteiger partial charge in [0.2, 0.25) is 0 Å². The largest absolute Gasteiger partial charge is 0.399 e. The number of aliphatic hydroxyl groups is 1. The average molecular weight is 288 g/mol. The van der Waals surface area contributed by atoms with Crippen LogP contribution in [0.4, 0.5) is 5.69 Å². The van der Waals surface area contributed by atoms with Crippen LogP contribution < -0.4 is 5.73 Å². The Balaban J connectivity index is 2.13. The topological polar surface area (TPSA) is 77.0 Å². The summed E-state index contributed by atoms with van der Waals surface area (Å²) in [7, 11) is 0. The third kappa shape index (κ3) is 2.28. The molecule has 3 rings (SSSR count). The molecule has 0 bridgehead atoms.